The zero-order valence-corrected chi connectivity index (χ0v) is 14.1. The lowest BCUT2D eigenvalue weighted by Crippen LogP contribution is -2.65. The first-order valence-electron chi connectivity index (χ1n) is 6.91. The zero-order chi connectivity index (χ0) is 19.8. The maximum absolute atomic E-state index is 12.1. The first kappa shape index (κ1) is 21.6. The van der Waals surface area contributed by atoms with Crippen LogP contribution in [-0.4, -0.2) is 58.8 Å². The predicted molar refractivity (Wildman–Crippen MR) is 86.7 cm³/mol. The van der Waals surface area contributed by atoms with E-state index >= 15 is 0 Å². The third-order valence-corrected chi connectivity index (χ3v) is 3.38. The van der Waals surface area contributed by atoms with Crippen molar-refractivity contribution in [3.8, 4) is 24.7 Å². The van der Waals surface area contributed by atoms with E-state index in [1.807, 2.05) is 0 Å². The Morgan fingerprint density at radius 1 is 1.00 bits per heavy atom. The van der Waals surface area contributed by atoms with Crippen LogP contribution in [0.15, 0.2) is 0 Å². The summed E-state index contributed by atoms with van der Waals surface area (Å²) in [5, 5.41) is 0. The minimum Gasteiger partial charge on any atom is -0.436 e. The molecule has 136 valence electrons. The van der Waals surface area contributed by atoms with Gasteiger partial charge in [-0.1, -0.05) is 11.8 Å². The molecule has 0 aliphatic rings. The number of hydrogen-bond donors (Lipinski definition) is 2. The Labute approximate surface area is 145 Å². The summed E-state index contributed by atoms with van der Waals surface area (Å²) < 4.78 is 9.36. The number of nitrogens with zero attached hydrogens (tertiary/aromatic N) is 2. The molecular formula is C15H20N4O6. The van der Waals surface area contributed by atoms with E-state index in [0.29, 0.717) is 9.80 Å². The van der Waals surface area contributed by atoms with Crippen molar-refractivity contribution in [2.75, 3.05) is 13.2 Å². The summed E-state index contributed by atoms with van der Waals surface area (Å²) >= 11 is 0. The monoisotopic (exact) mass is 352 g/mol. The molecule has 25 heavy (non-hydrogen) atoms. The van der Waals surface area contributed by atoms with Crippen molar-refractivity contribution < 1.29 is 28.7 Å². The summed E-state index contributed by atoms with van der Waals surface area (Å²) in [4.78, 5) is 48.4. The second-order valence-electron chi connectivity index (χ2n) is 5.23. The fraction of sp³-hybridized carbons (Fsp3) is 0.467. The number of rotatable bonds is 5. The Hall–Kier alpha value is -3.40. The molecule has 0 rings (SSSR count). The number of hydrogen-bond acceptors (Lipinski definition) is 6. The number of primary amides is 2. The van der Waals surface area contributed by atoms with E-state index in [0.717, 1.165) is 0 Å². The van der Waals surface area contributed by atoms with Gasteiger partial charge in [0.05, 0.1) is 11.6 Å². The third-order valence-electron chi connectivity index (χ3n) is 3.38. The van der Waals surface area contributed by atoms with Crippen molar-refractivity contribution in [3.05, 3.63) is 0 Å². The number of terminal acetylenes is 2. The van der Waals surface area contributed by atoms with Crippen LogP contribution in [0.1, 0.15) is 20.8 Å². The number of imide groups is 2. The Balaban J connectivity index is 5.72. The van der Waals surface area contributed by atoms with Gasteiger partial charge in [-0.25, -0.2) is 29.0 Å². The van der Waals surface area contributed by atoms with Crippen LogP contribution in [0.4, 0.5) is 19.2 Å². The number of nitrogens with two attached hydrogens (primary N) is 2. The molecular weight excluding hydrogens is 332 g/mol. The van der Waals surface area contributed by atoms with E-state index in [2.05, 4.69) is 21.3 Å². The van der Waals surface area contributed by atoms with E-state index in [9.17, 15) is 19.2 Å². The van der Waals surface area contributed by atoms with Crippen LogP contribution in [0.3, 0.4) is 0 Å². The molecule has 0 spiro atoms. The van der Waals surface area contributed by atoms with Gasteiger partial charge in [0.25, 0.3) is 0 Å². The second kappa shape index (κ2) is 9.03. The van der Waals surface area contributed by atoms with Crippen LogP contribution in [0, 0.1) is 24.7 Å². The van der Waals surface area contributed by atoms with Crippen molar-refractivity contribution in [3.63, 3.8) is 0 Å². The molecule has 10 heteroatoms. The smallest absolute Gasteiger partial charge is 0.419 e. The Morgan fingerprint density at radius 2 is 1.44 bits per heavy atom. The van der Waals surface area contributed by atoms with E-state index in [1.54, 1.807) is 0 Å². The lowest BCUT2D eigenvalue weighted by Gasteiger charge is -2.42. The van der Waals surface area contributed by atoms with Crippen LogP contribution in [0.2, 0.25) is 0 Å². The Bertz CT molecular complexity index is 631. The normalized spacial score (nSPS) is 11.2. The van der Waals surface area contributed by atoms with Gasteiger partial charge in [0, 0.05) is 0 Å². The average Bonchev–Trinajstić information content (AvgIpc) is 2.49. The fourth-order valence-electron chi connectivity index (χ4n) is 1.89. The van der Waals surface area contributed by atoms with Gasteiger partial charge in [0.2, 0.25) is 0 Å². The number of ether oxygens (including phenoxy) is 2. The SMILES string of the molecule is C#CCOC(=O)N(C(N)=O)C(C)C(C)(C)N(C(N)=O)C(=O)OCC#C. The molecule has 1 atom stereocenters. The van der Waals surface area contributed by atoms with E-state index in [-0.39, 0.29) is 0 Å². The van der Waals surface area contributed by atoms with Crippen LogP contribution >= 0.6 is 0 Å². The van der Waals surface area contributed by atoms with Crippen molar-refractivity contribution in [1.29, 1.82) is 0 Å². The Morgan fingerprint density at radius 3 is 1.80 bits per heavy atom. The third kappa shape index (κ3) is 5.32. The highest BCUT2D eigenvalue weighted by molar-refractivity contribution is 5.93. The Kier molecular flexibility index (Phi) is 7.80. The maximum atomic E-state index is 12.1. The number of carbonyl (C=O) groups excluding carboxylic acids is 4. The molecule has 0 aromatic carbocycles. The summed E-state index contributed by atoms with van der Waals surface area (Å²) in [7, 11) is 0. The molecule has 0 heterocycles. The molecule has 1 unspecified atom stereocenters. The lowest BCUT2D eigenvalue weighted by atomic mass is 9.93. The fourth-order valence-corrected chi connectivity index (χ4v) is 1.89. The van der Waals surface area contributed by atoms with E-state index < -0.39 is 49.0 Å². The molecule has 0 aromatic heterocycles. The number of amides is 6. The topological polar surface area (TPSA) is 145 Å². The molecule has 0 aliphatic carbocycles. The zero-order valence-electron chi connectivity index (χ0n) is 14.1. The highest BCUT2D eigenvalue weighted by Gasteiger charge is 2.46. The summed E-state index contributed by atoms with van der Waals surface area (Å²) in [5.74, 6) is 4.11. The van der Waals surface area contributed by atoms with E-state index in [1.165, 1.54) is 20.8 Å². The summed E-state index contributed by atoms with van der Waals surface area (Å²) in [6, 6.07) is -3.49. The minimum absolute atomic E-state index is 0.403. The molecule has 0 radical (unpaired) electrons. The van der Waals surface area contributed by atoms with E-state index in [4.69, 9.17) is 24.3 Å². The highest BCUT2D eigenvalue weighted by atomic mass is 16.6. The van der Waals surface area contributed by atoms with Gasteiger partial charge in [-0.2, -0.15) is 0 Å². The molecule has 0 aliphatic heterocycles. The van der Waals surface area contributed by atoms with Gasteiger partial charge < -0.3 is 20.9 Å². The molecule has 0 saturated heterocycles. The lowest BCUT2D eigenvalue weighted by molar-refractivity contribution is 0.0457. The first-order chi connectivity index (χ1) is 11.5. The standard InChI is InChI=1S/C15H20N4O6/c1-6-8-24-13(22)18(11(16)20)10(3)15(4,5)19(12(17)21)14(23)25-9-7-2/h1-2,10H,8-9H2,3-5H3,(H2,16,20)(H2,17,21). The predicted octanol–water partition coefficient (Wildman–Crippen LogP) is 0.455. The van der Waals surface area contributed by atoms with Crippen LogP contribution in [0.25, 0.3) is 0 Å². The largest absolute Gasteiger partial charge is 0.436 e. The quantitative estimate of drug-likeness (QED) is 0.687. The molecule has 10 nitrogen and oxygen atoms in total. The summed E-state index contributed by atoms with van der Waals surface area (Å²) in [5.41, 5.74) is 8.91. The highest BCUT2D eigenvalue weighted by Crippen LogP contribution is 2.25. The van der Waals surface area contributed by atoms with Crippen LogP contribution in [-0.2, 0) is 9.47 Å². The molecule has 0 aromatic rings. The molecule has 0 fully saturated rings. The molecule has 6 amide bonds. The van der Waals surface area contributed by atoms with Crippen molar-refractivity contribution in [2.45, 2.75) is 32.4 Å². The van der Waals surface area contributed by atoms with Crippen molar-refractivity contribution >= 4 is 24.2 Å². The summed E-state index contributed by atoms with van der Waals surface area (Å²) in [6.45, 7) is 3.27. The van der Waals surface area contributed by atoms with Crippen LogP contribution < -0.4 is 11.5 Å². The van der Waals surface area contributed by atoms with Gasteiger partial charge in [-0.3, -0.25) is 0 Å². The maximum Gasteiger partial charge on any atom is 0.419 e. The average molecular weight is 352 g/mol. The minimum atomic E-state index is -1.51. The molecule has 0 saturated carbocycles. The van der Waals surface area contributed by atoms with Crippen molar-refractivity contribution in [1.82, 2.24) is 9.80 Å². The number of carbonyl (C=O) groups is 4. The van der Waals surface area contributed by atoms with Gasteiger partial charge in [0.15, 0.2) is 13.2 Å². The van der Waals surface area contributed by atoms with Gasteiger partial charge in [-0.15, -0.1) is 12.8 Å². The van der Waals surface area contributed by atoms with Crippen LogP contribution in [0.5, 0.6) is 0 Å². The molecule has 4 N–H and O–H groups in total. The number of urea groups is 2. The van der Waals surface area contributed by atoms with Gasteiger partial charge in [-0.05, 0) is 20.8 Å². The first-order valence-corrected chi connectivity index (χ1v) is 6.91. The summed E-state index contributed by atoms with van der Waals surface area (Å²) in [6.07, 6.45) is 7.67. The van der Waals surface area contributed by atoms with Gasteiger partial charge >= 0.3 is 24.2 Å². The van der Waals surface area contributed by atoms with Gasteiger partial charge in [0.1, 0.15) is 0 Å². The molecule has 0 bridgehead atoms. The van der Waals surface area contributed by atoms with Crippen molar-refractivity contribution in [2.24, 2.45) is 11.5 Å². The second-order valence-corrected chi connectivity index (χ2v) is 5.23.